The van der Waals surface area contributed by atoms with Crippen LogP contribution in [-0.2, 0) is 14.4 Å². The maximum Gasteiger partial charge on any atom is 2.00 e. The summed E-state index contributed by atoms with van der Waals surface area (Å²) < 4.78 is 32.3. The van der Waals surface area contributed by atoms with Gasteiger partial charge in [-0.05, 0) is 68.1 Å². The van der Waals surface area contributed by atoms with Crippen LogP contribution < -0.4 is 24.8 Å². The van der Waals surface area contributed by atoms with Gasteiger partial charge in [-0.3, -0.25) is 19.4 Å². The predicted octanol–water partition coefficient (Wildman–Crippen LogP) is 6.66. The quantitative estimate of drug-likeness (QED) is 0.0832. The smallest absolute Gasteiger partial charge is 1.00 e. The number of amides is 2. The number of nitrogens with zero attached hydrogens (tertiary/aromatic N) is 1. The number of carbonyl (C=O) groups excluding carboxylic acids is 2. The SMILES string of the molecule is COc1cc2c(Oc3ccc(NC(=O)C4(C(=O)Nc5cccc(Cl)c5)CC4)cc3F)ccnc2cc1OCCCCC(=O)O.[H-].[H-].[Mg+2]. The van der Waals surface area contributed by atoms with Crippen molar-refractivity contribution in [2.45, 2.75) is 32.1 Å². The molecule has 13 heteroatoms. The normalized spacial score (nSPS) is 12.9. The predicted molar refractivity (Wildman–Crippen MR) is 170 cm³/mol. The first-order valence-electron chi connectivity index (χ1n) is 13.9. The first-order valence-corrected chi connectivity index (χ1v) is 14.2. The summed E-state index contributed by atoms with van der Waals surface area (Å²) in [6, 6.07) is 15.5. The number of pyridine rings is 1. The van der Waals surface area contributed by atoms with Crippen molar-refractivity contribution in [3.63, 3.8) is 0 Å². The molecule has 3 N–H and O–H groups in total. The van der Waals surface area contributed by atoms with Crippen LogP contribution in [-0.4, -0.2) is 64.6 Å². The number of hydrogen-bond donors (Lipinski definition) is 3. The second-order valence-corrected chi connectivity index (χ2v) is 10.7. The minimum atomic E-state index is -1.25. The Bertz CT molecular complexity index is 1750. The number of halogens is 2. The van der Waals surface area contributed by atoms with Crippen LogP contribution in [0, 0.1) is 11.2 Å². The number of anilines is 2. The Morgan fingerprint density at radius 3 is 2.33 bits per heavy atom. The number of aliphatic carboxylic acids is 1. The Kier molecular flexibility index (Phi) is 11.1. The molecule has 0 atom stereocenters. The number of aromatic nitrogens is 1. The van der Waals surface area contributed by atoms with Gasteiger partial charge in [0, 0.05) is 46.5 Å². The topological polar surface area (TPSA) is 136 Å². The summed E-state index contributed by atoms with van der Waals surface area (Å²) in [5.41, 5.74) is -0.0802. The molecule has 1 fully saturated rings. The molecule has 0 spiro atoms. The number of ether oxygens (including phenoxy) is 3. The Morgan fingerprint density at radius 2 is 1.69 bits per heavy atom. The molecule has 5 rings (SSSR count). The zero-order valence-electron chi connectivity index (χ0n) is 26.4. The molecule has 2 amide bonds. The van der Waals surface area contributed by atoms with E-state index in [0.29, 0.717) is 71.2 Å². The van der Waals surface area contributed by atoms with Crippen molar-refractivity contribution >= 4 is 74.7 Å². The molecule has 1 saturated carbocycles. The van der Waals surface area contributed by atoms with Crippen LogP contribution in [0.5, 0.6) is 23.0 Å². The van der Waals surface area contributed by atoms with Gasteiger partial charge >= 0.3 is 29.0 Å². The van der Waals surface area contributed by atoms with Gasteiger partial charge in [0.25, 0.3) is 0 Å². The Balaban J connectivity index is 0.00000256. The fourth-order valence-corrected chi connectivity index (χ4v) is 4.77. The van der Waals surface area contributed by atoms with E-state index in [1.807, 2.05) is 0 Å². The number of unbranched alkanes of at least 4 members (excludes halogenated alkanes) is 1. The number of carboxylic acid groups (broad SMARTS) is 1. The Hall–Kier alpha value is -4.13. The molecular weight excluding hydrogens is 617 g/mol. The number of rotatable bonds is 13. The summed E-state index contributed by atoms with van der Waals surface area (Å²) in [6.45, 7) is 0.299. The van der Waals surface area contributed by atoms with Crippen molar-refractivity contribution in [3.8, 4) is 23.0 Å². The number of methoxy groups -OCH3 is 1. The van der Waals surface area contributed by atoms with E-state index in [0.717, 1.165) is 6.07 Å². The molecule has 1 aromatic heterocycles. The van der Waals surface area contributed by atoms with Gasteiger partial charge in [0.15, 0.2) is 23.1 Å². The standard InChI is InChI=1S/C32H29ClFN3O7.Mg.2H/c1-42-27-17-22-24(18-28(27)43-14-3-2-7-29(38)39)35-13-10-25(22)44-26-9-8-21(16-23(26)34)37-31(41)32(11-12-32)30(40)36-20-6-4-5-19(33)15-20;;;/h4-6,8-10,13,15-18H,2-3,7,11-12,14H2,1H3,(H,36,40)(H,37,41)(H,38,39);;;/q;+2;2*-1. The van der Waals surface area contributed by atoms with E-state index < -0.39 is 29.0 Å². The van der Waals surface area contributed by atoms with Gasteiger partial charge in [-0.15, -0.1) is 0 Å². The molecule has 0 bridgehead atoms. The van der Waals surface area contributed by atoms with E-state index in [-0.39, 0.29) is 43.8 Å². The molecule has 3 aromatic carbocycles. The van der Waals surface area contributed by atoms with Crippen LogP contribution in [0.2, 0.25) is 5.02 Å². The number of carbonyl (C=O) groups is 3. The third kappa shape index (κ3) is 8.13. The molecule has 1 aliphatic carbocycles. The zero-order chi connectivity index (χ0) is 31.3. The van der Waals surface area contributed by atoms with Gasteiger partial charge in [0.1, 0.15) is 11.2 Å². The Labute approximate surface area is 282 Å². The number of carboxylic acids is 1. The summed E-state index contributed by atoms with van der Waals surface area (Å²) in [7, 11) is 1.48. The van der Waals surface area contributed by atoms with Crippen molar-refractivity contribution in [3.05, 3.63) is 77.7 Å². The van der Waals surface area contributed by atoms with E-state index in [1.54, 1.807) is 42.5 Å². The van der Waals surface area contributed by atoms with Crippen molar-refractivity contribution in [1.82, 2.24) is 4.98 Å². The largest absolute Gasteiger partial charge is 2.00 e. The summed E-state index contributed by atoms with van der Waals surface area (Å²) in [5.74, 6) is -1.51. The third-order valence-corrected chi connectivity index (χ3v) is 7.38. The molecule has 4 aromatic rings. The van der Waals surface area contributed by atoms with Gasteiger partial charge in [0.05, 0.1) is 19.2 Å². The molecule has 0 radical (unpaired) electrons. The van der Waals surface area contributed by atoms with Crippen molar-refractivity contribution in [2.24, 2.45) is 5.41 Å². The molecular formula is C32H31ClFMgN3O7. The van der Waals surface area contributed by atoms with E-state index in [2.05, 4.69) is 15.6 Å². The number of benzene rings is 3. The molecule has 0 unspecified atom stereocenters. The Morgan fingerprint density at radius 1 is 0.956 bits per heavy atom. The van der Waals surface area contributed by atoms with Gasteiger partial charge in [-0.2, -0.15) is 0 Å². The minimum Gasteiger partial charge on any atom is -1.00 e. The molecule has 0 aliphatic heterocycles. The van der Waals surface area contributed by atoms with Gasteiger partial charge in [-0.1, -0.05) is 17.7 Å². The summed E-state index contributed by atoms with van der Waals surface area (Å²) in [6.07, 6.45) is 3.34. The molecule has 1 aliphatic rings. The molecule has 232 valence electrons. The van der Waals surface area contributed by atoms with Crippen molar-refractivity contribution in [2.75, 3.05) is 24.4 Å². The van der Waals surface area contributed by atoms with E-state index in [1.165, 1.54) is 25.4 Å². The van der Waals surface area contributed by atoms with Crippen molar-refractivity contribution in [1.29, 1.82) is 0 Å². The van der Waals surface area contributed by atoms with Crippen LogP contribution in [0.1, 0.15) is 35.0 Å². The monoisotopic (exact) mass is 647 g/mol. The van der Waals surface area contributed by atoms with Gasteiger partial charge in [-0.25, -0.2) is 4.39 Å². The molecule has 10 nitrogen and oxygen atoms in total. The van der Waals surface area contributed by atoms with Crippen molar-refractivity contribution < 1.29 is 40.9 Å². The summed E-state index contributed by atoms with van der Waals surface area (Å²) in [4.78, 5) is 41.0. The van der Waals surface area contributed by atoms with E-state index in [4.69, 9.17) is 30.9 Å². The molecule has 1 heterocycles. The van der Waals surface area contributed by atoms with Crippen LogP contribution in [0.3, 0.4) is 0 Å². The first kappa shape index (κ1) is 33.8. The van der Waals surface area contributed by atoms with Crippen LogP contribution in [0.15, 0.2) is 66.9 Å². The third-order valence-electron chi connectivity index (χ3n) is 7.14. The fraction of sp³-hybridized carbons (Fsp3) is 0.250. The number of hydrogen-bond acceptors (Lipinski definition) is 7. The second-order valence-electron chi connectivity index (χ2n) is 10.3. The van der Waals surface area contributed by atoms with Gasteiger partial charge < -0.3 is 32.8 Å². The number of nitrogens with one attached hydrogen (secondary N) is 2. The van der Waals surface area contributed by atoms with E-state index >= 15 is 4.39 Å². The maximum atomic E-state index is 15.2. The summed E-state index contributed by atoms with van der Waals surface area (Å²) in [5, 5.41) is 15.2. The van der Waals surface area contributed by atoms with Crippen LogP contribution >= 0.6 is 11.6 Å². The van der Waals surface area contributed by atoms with E-state index in [9.17, 15) is 14.4 Å². The fourth-order valence-electron chi connectivity index (χ4n) is 4.58. The molecule has 45 heavy (non-hydrogen) atoms. The molecule has 0 saturated heterocycles. The second kappa shape index (κ2) is 14.8. The minimum absolute atomic E-state index is 0. The first-order chi connectivity index (χ1) is 21.2. The average molecular weight is 648 g/mol. The van der Waals surface area contributed by atoms with Crippen LogP contribution in [0.25, 0.3) is 10.9 Å². The zero-order valence-corrected chi connectivity index (χ0v) is 26.6. The van der Waals surface area contributed by atoms with Crippen LogP contribution in [0.4, 0.5) is 15.8 Å². The average Bonchev–Trinajstić information content (AvgIpc) is 3.80. The summed E-state index contributed by atoms with van der Waals surface area (Å²) >= 11 is 5.98. The number of fused-ring (bicyclic) bond motifs is 1. The van der Waals surface area contributed by atoms with Gasteiger partial charge in [0.2, 0.25) is 11.8 Å². The maximum absolute atomic E-state index is 15.2.